The van der Waals surface area contributed by atoms with Gasteiger partial charge in [-0.25, -0.2) is 0 Å². The Morgan fingerprint density at radius 2 is 1.70 bits per heavy atom. The minimum absolute atomic E-state index is 0.716. The molecule has 0 aromatic carbocycles. The molecule has 0 aromatic rings. The van der Waals surface area contributed by atoms with Crippen LogP contribution in [-0.4, -0.2) is 14.0 Å². The first kappa shape index (κ1) is 9.51. The van der Waals surface area contributed by atoms with Crippen LogP contribution in [0.3, 0.4) is 0 Å². The predicted octanol–water partition coefficient (Wildman–Crippen LogP) is -4.05. The number of quaternary nitrogens is 1. The molecule has 0 aliphatic carbocycles. The van der Waals surface area contributed by atoms with E-state index < -0.39 is 0 Å². The van der Waals surface area contributed by atoms with E-state index in [2.05, 4.69) is 13.8 Å². The molecule has 0 aromatic heterocycles. The Labute approximate surface area is 81.4 Å². The molecule has 3 heteroatoms. The first-order chi connectivity index (χ1) is 4.83. The molecule has 0 unspecified atom stereocenters. The van der Waals surface area contributed by atoms with Crippen molar-refractivity contribution < 1.29 is 35.9 Å². The SMILES string of the molecule is CCCC[N+]1(CCC)[I-][I-]1. The van der Waals surface area contributed by atoms with Crippen LogP contribution in [0.1, 0.15) is 33.1 Å². The van der Waals surface area contributed by atoms with Crippen molar-refractivity contribution in [1.29, 1.82) is 0 Å². The Morgan fingerprint density at radius 1 is 1.00 bits per heavy atom. The van der Waals surface area contributed by atoms with Gasteiger partial charge in [-0.15, -0.1) is 0 Å². The molecule has 0 amide bonds. The molecule has 1 fully saturated rings. The molecule has 10 heavy (non-hydrogen) atoms. The standard InChI is InChI=1S/C7H16I2N/c1-3-5-7-10(6-4-2)8-9-10/h3-7H2,1-2H3/q-1. The van der Waals surface area contributed by atoms with Crippen LogP contribution in [-0.2, 0) is 0 Å². The molecule has 0 saturated carbocycles. The van der Waals surface area contributed by atoms with Crippen molar-refractivity contribution in [3.05, 3.63) is 0 Å². The van der Waals surface area contributed by atoms with Crippen molar-refractivity contribution in [3.63, 3.8) is 0 Å². The fraction of sp³-hybridized carbons (Fsp3) is 1.00. The van der Waals surface area contributed by atoms with E-state index in [4.69, 9.17) is 0 Å². The molecule has 64 valence electrons. The number of nitrogens with zero attached hydrogens (tertiary/aromatic N) is 1. The van der Waals surface area contributed by atoms with Crippen LogP contribution in [0.25, 0.3) is 0 Å². The van der Waals surface area contributed by atoms with Gasteiger partial charge in [-0.05, 0) is 0 Å². The third-order valence-electron chi connectivity index (χ3n) is 1.63. The van der Waals surface area contributed by atoms with Gasteiger partial charge in [0.1, 0.15) is 0 Å². The Balaban J connectivity index is 2.11. The molecule has 1 aliphatic heterocycles. The maximum atomic E-state index is 2.33. The first-order valence-corrected chi connectivity index (χ1v) is 12.2. The second-order valence-corrected chi connectivity index (χ2v) is 13.9. The summed E-state index contributed by atoms with van der Waals surface area (Å²) in [5, 5.41) is 0. The fourth-order valence-corrected chi connectivity index (χ4v) is 10.0. The van der Waals surface area contributed by atoms with E-state index in [-0.39, 0.29) is 0 Å². The van der Waals surface area contributed by atoms with Crippen LogP contribution in [0.15, 0.2) is 0 Å². The minimum atomic E-state index is 0.716. The number of rotatable bonds is 5. The molecule has 1 rings (SSSR count). The van der Waals surface area contributed by atoms with Crippen molar-refractivity contribution in [2.75, 3.05) is 13.1 Å². The van der Waals surface area contributed by atoms with Crippen LogP contribution in [0, 0.1) is 0 Å². The molecule has 1 heterocycles. The zero-order chi connectivity index (χ0) is 7.45. The van der Waals surface area contributed by atoms with Crippen molar-refractivity contribution in [3.8, 4) is 0 Å². The summed E-state index contributed by atoms with van der Waals surface area (Å²) in [5.74, 6) is 0. The van der Waals surface area contributed by atoms with Crippen molar-refractivity contribution in [1.82, 2.24) is 0 Å². The van der Waals surface area contributed by atoms with Crippen LogP contribution in [0.2, 0.25) is 0 Å². The summed E-state index contributed by atoms with van der Waals surface area (Å²) in [4.78, 5) is 0. The zero-order valence-corrected chi connectivity index (χ0v) is 11.1. The van der Waals surface area contributed by atoms with E-state index in [0.717, 1.165) is 0 Å². The normalized spacial score (nSPS) is 22.6. The molecule has 1 nitrogen and oxygen atoms in total. The second-order valence-electron chi connectivity index (χ2n) is 2.69. The topological polar surface area (TPSA) is 0 Å². The predicted molar refractivity (Wildman–Crippen MR) is 35.2 cm³/mol. The van der Waals surface area contributed by atoms with Gasteiger partial charge in [0.2, 0.25) is 0 Å². The van der Waals surface area contributed by atoms with E-state index in [1.54, 1.807) is 7.45 Å². The molecule has 0 N–H and O–H groups in total. The van der Waals surface area contributed by atoms with Gasteiger partial charge in [0.15, 0.2) is 0 Å². The van der Waals surface area contributed by atoms with Gasteiger partial charge in [0, 0.05) is 0 Å². The molecule has 0 spiro atoms. The van der Waals surface area contributed by atoms with E-state index in [1.165, 1.54) is 25.8 Å². The second kappa shape index (κ2) is 4.45. The van der Waals surface area contributed by atoms with E-state index in [0.29, 0.717) is 35.0 Å². The molecule has 1 saturated heterocycles. The molecular weight excluding hydrogens is 352 g/mol. The summed E-state index contributed by atoms with van der Waals surface area (Å²) in [6.45, 7) is 7.71. The van der Waals surface area contributed by atoms with Gasteiger partial charge in [0.05, 0.1) is 0 Å². The molecule has 1 aliphatic rings. The van der Waals surface area contributed by atoms with E-state index in [9.17, 15) is 0 Å². The maximum absolute atomic E-state index is 2.33. The summed E-state index contributed by atoms with van der Waals surface area (Å²) >= 11 is 1.43. The van der Waals surface area contributed by atoms with Gasteiger partial charge < -0.3 is 0 Å². The summed E-state index contributed by atoms with van der Waals surface area (Å²) < 4.78 is 1.67. The third kappa shape index (κ3) is 2.81. The van der Waals surface area contributed by atoms with Crippen molar-refractivity contribution in [2.24, 2.45) is 0 Å². The average Bonchev–Trinajstić information content (AvgIpc) is 2.67. The molecule has 0 bridgehead atoms. The van der Waals surface area contributed by atoms with E-state index >= 15 is 0 Å². The molecule has 0 atom stereocenters. The quantitative estimate of drug-likeness (QED) is 0.264. The Bertz CT molecular complexity index is 102. The van der Waals surface area contributed by atoms with Gasteiger partial charge >= 0.3 is 82.1 Å². The monoisotopic (exact) mass is 368 g/mol. The van der Waals surface area contributed by atoms with Crippen LogP contribution in [0.5, 0.6) is 0 Å². The number of unbranched alkanes of at least 4 members (excludes halogenated alkanes) is 1. The van der Waals surface area contributed by atoms with Crippen molar-refractivity contribution >= 4 is 0 Å². The average molecular weight is 368 g/mol. The van der Waals surface area contributed by atoms with Crippen LogP contribution >= 0.6 is 0 Å². The van der Waals surface area contributed by atoms with Gasteiger partial charge in [-0.1, -0.05) is 0 Å². The Hall–Kier alpha value is 1.42. The fourth-order valence-electron chi connectivity index (χ4n) is 0.997. The summed E-state index contributed by atoms with van der Waals surface area (Å²) in [6, 6.07) is 0. The van der Waals surface area contributed by atoms with Crippen LogP contribution < -0.4 is 35.0 Å². The van der Waals surface area contributed by atoms with Gasteiger partial charge in [0.25, 0.3) is 0 Å². The summed E-state index contributed by atoms with van der Waals surface area (Å²) in [6.07, 6.45) is 4.31. The number of halogens is 2. The van der Waals surface area contributed by atoms with Crippen LogP contribution in [0.4, 0.5) is 0 Å². The van der Waals surface area contributed by atoms with Gasteiger partial charge in [-0.2, -0.15) is 0 Å². The summed E-state index contributed by atoms with van der Waals surface area (Å²) in [5.41, 5.74) is 0. The zero-order valence-electron chi connectivity index (χ0n) is 6.74. The first-order valence-electron chi connectivity index (χ1n) is 4.03. The van der Waals surface area contributed by atoms with Gasteiger partial charge in [-0.3, -0.25) is 0 Å². The molecule has 0 radical (unpaired) electrons. The Kier molecular flexibility index (Phi) is 4.23. The number of hydrogen-bond donors (Lipinski definition) is 0. The summed E-state index contributed by atoms with van der Waals surface area (Å²) in [7, 11) is 0. The molecular formula is C7H16I2N-. The van der Waals surface area contributed by atoms with Crippen molar-refractivity contribution in [2.45, 2.75) is 33.1 Å². The van der Waals surface area contributed by atoms with E-state index in [1.807, 2.05) is 0 Å². The third-order valence-corrected chi connectivity index (χ3v) is 14.3. The number of hydrogen-bond acceptors (Lipinski definition) is 0. The Morgan fingerprint density at radius 3 is 2.10 bits per heavy atom.